The summed E-state index contributed by atoms with van der Waals surface area (Å²) in [6, 6.07) is 13.0. The highest BCUT2D eigenvalue weighted by Gasteiger charge is 2.39. The first-order valence-corrected chi connectivity index (χ1v) is 9.05. The summed E-state index contributed by atoms with van der Waals surface area (Å²) in [5, 5.41) is 6.21. The average Bonchev–Trinajstić information content (AvgIpc) is 2.95. The molecule has 2 aromatic carbocycles. The van der Waals surface area contributed by atoms with Crippen LogP contribution in [0, 0.1) is 0 Å². The minimum absolute atomic E-state index is 0.119. The van der Waals surface area contributed by atoms with Gasteiger partial charge in [-0.25, -0.2) is 5.01 Å². The van der Waals surface area contributed by atoms with E-state index < -0.39 is 5.54 Å². The molecule has 0 unspecified atom stereocenters. The maximum Gasteiger partial charge on any atom is 0.274 e. The van der Waals surface area contributed by atoms with Gasteiger partial charge >= 0.3 is 0 Å². The molecule has 0 saturated heterocycles. The maximum absolute atomic E-state index is 13.0. The summed E-state index contributed by atoms with van der Waals surface area (Å²) < 4.78 is 11.5. The number of benzene rings is 2. The van der Waals surface area contributed by atoms with Gasteiger partial charge in [-0.1, -0.05) is 22.0 Å². The molecule has 26 heavy (non-hydrogen) atoms. The van der Waals surface area contributed by atoms with Crippen molar-refractivity contribution < 1.29 is 14.3 Å². The van der Waals surface area contributed by atoms with Crippen LogP contribution in [0.3, 0.4) is 0 Å². The van der Waals surface area contributed by atoms with Gasteiger partial charge < -0.3 is 9.47 Å². The second kappa shape index (κ2) is 7.11. The number of carbonyl (C=O) groups excluding carboxylic acids is 1. The van der Waals surface area contributed by atoms with E-state index in [1.807, 2.05) is 50.2 Å². The predicted molar refractivity (Wildman–Crippen MR) is 105 cm³/mol. The van der Waals surface area contributed by atoms with Crippen LogP contribution in [0.1, 0.15) is 36.2 Å². The molecule has 136 valence electrons. The van der Waals surface area contributed by atoms with E-state index in [1.54, 1.807) is 25.3 Å². The Balaban J connectivity index is 1.96. The van der Waals surface area contributed by atoms with E-state index in [9.17, 15) is 4.79 Å². The van der Waals surface area contributed by atoms with Gasteiger partial charge in [0.2, 0.25) is 0 Å². The standard InChI is InChI=1S/C20H21BrN2O3/c1-20(2)12-16(13-8-9-17(25-3)18(11-13)26-4)22-23(20)19(24)14-6-5-7-15(21)10-14/h5-11H,12H2,1-4H3. The van der Waals surface area contributed by atoms with Gasteiger partial charge in [-0.05, 0) is 50.2 Å². The average molecular weight is 417 g/mol. The fourth-order valence-corrected chi connectivity index (χ4v) is 3.41. The van der Waals surface area contributed by atoms with Crippen molar-refractivity contribution in [1.82, 2.24) is 5.01 Å². The van der Waals surface area contributed by atoms with Crippen LogP contribution >= 0.6 is 15.9 Å². The monoisotopic (exact) mass is 416 g/mol. The molecule has 5 nitrogen and oxygen atoms in total. The molecule has 0 spiro atoms. The molecule has 6 heteroatoms. The van der Waals surface area contributed by atoms with Crippen LogP contribution in [0.5, 0.6) is 11.5 Å². The molecule has 0 atom stereocenters. The molecule has 0 bridgehead atoms. The third-order valence-corrected chi connectivity index (χ3v) is 4.87. The van der Waals surface area contributed by atoms with Crippen molar-refractivity contribution in [3.05, 3.63) is 58.1 Å². The number of ether oxygens (including phenoxy) is 2. The van der Waals surface area contributed by atoms with Crippen molar-refractivity contribution in [2.24, 2.45) is 5.10 Å². The first-order chi connectivity index (χ1) is 12.4. The molecule has 1 aliphatic heterocycles. The molecule has 2 aromatic rings. The lowest BCUT2D eigenvalue weighted by atomic mass is 9.94. The number of nitrogens with zero attached hydrogens (tertiary/aromatic N) is 2. The van der Waals surface area contributed by atoms with E-state index in [0.29, 0.717) is 23.5 Å². The third-order valence-electron chi connectivity index (χ3n) is 4.37. The summed E-state index contributed by atoms with van der Waals surface area (Å²) in [6.07, 6.45) is 0.655. The van der Waals surface area contributed by atoms with Crippen molar-refractivity contribution in [2.75, 3.05) is 14.2 Å². The molecule has 0 fully saturated rings. The topological polar surface area (TPSA) is 51.1 Å². The summed E-state index contributed by atoms with van der Waals surface area (Å²) in [5.74, 6) is 1.19. The number of hydrazone groups is 1. The second-order valence-corrected chi connectivity index (χ2v) is 7.65. The number of carbonyl (C=O) groups is 1. The lowest BCUT2D eigenvalue weighted by Crippen LogP contribution is -2.40. The van der Waals surface area contributed by atoms with Crippen LogP contribution in [0.25, 0.3) is 0 Å². The van der Waals surface area contributed by atoms with E-state index >= 15 is 0 Å². The van der Waals surface area contributed by atoms with E-state index in [0.717, 1.165) is 15.7 Å². The van der Waals surface area contributed by atoms with Gasteiger partial charge in [-0.15, -0.1) is 0 Å². The molecule has 0 aliphatic carbocycles. The number of halogens is 1. The fraction of sp³-hybridized carbons (Fsp3) is 0.300. The molecule has 0 N–H and O–H groups in total. The van der Waals surface area contributed by atoms with E-state index in [1.165, 1.54) is 0 Å². The zero-order valence-electron chi connectivity index (χ0n) is 15.2. The lowest BCUT2D eigenvalue weighted by Gasteiger charge is -2.28. The first kappa shape index (κ1) is 18.5. The lowest BCUT2D eigenvalue weighted by molar-refractivity contribution is 0.0612. The fourth-order valence-electron chi connectivity index (χ4n) is 3.02. The largest absolute Gasteiger partial charge is 0.493 e. The molecule has 3 rings (SSSR count). The van der Waals surface area contributed by atoms with Gasteiger partial charge in [-0.2, -0.15) is 5.10 Å². The first-order valence-electron chi connectivity index (χ1n) is 8.26. The minimum atomic E-state index is -0.415. The summed E-state index contributed by atoms with van der Waals surface area (Å²) in [6.45, 7) is 4.03. The molecular formula is C20H21BrN2O3. The highest BCUT2D eigenvalue weighted by Crippen LogP contribution is 2.34. The van der Waals surface area contributed by atoms with Crippen LogP contribution < -0.4 is 9.47 Å². The summed E-state index contributed by atoms with van der Waals surface area (Å²) in [5.41, 5.74) is 1.95. The van der Waals surface area contributed by atoms with E-state index in [2.05, 4.69) is 21.0 Å². The smallest absolute Gasteiger partial charge is 0.274 e. The Hall–Kier alpha value is -2.34. The molecule has 0 saturated carbocycles. The summed E-state index contributed by atoms with van der Waals surface area (Å²) in [4.78, 5) is 13.0. The number of hydrogen-bond acceptors (Lipinski definition) is 4. The van der Waals surface area contributed by atoms with E-state index in [-0.39, 0.29) is 5.91 Å². The van der Waals surface area contributed by atoms with Crippen LogP contribution in [0.15, 0.2) is 52.0 Å². The molecule has 1 aliphatic rings. The molecule has 1 amide bonds. The molecular weight excluding hydrogens is 396 g/mol. The van der Waals surface area contributed by atoms with Gasteiger partial charge in [0.1, 0.15) is 0 Å². The number of hydrogen-bond donors (Lipinski definition) is 0. The normalized spacial score (nSPS) is 15.6. The van der Waals surface area contributed by atoms with Crippen molar-refractivity contribution in [3.8, 4) is 11.5 Å². The number of rotatable bonds is 4. The summed E-state index contributed by atoms with van der Waals surface area (Å²) in [7, 11) is 3.21. The van der Waals surface area contributed by atoms with Crippen LogP contribution in [0.2, 0.25) is 0 Å². The highest BCUT2D eigenvalue weighted by molar-refractivity contribution is 9.10. The Labute approximate surface area is 161 Å². The van der Waals surface area contributed by atoms with Crippen molar-refractivity contribution in [3.63, 3.8) is 0 Å². The van der Waals surface area contributed by atoms with Crippen LogP contribution in [0.4, 0.5) is 0 Å². The number of methoxy groups -OCH3 is 2. The second-order valence-electron chi connectivity index (χ2n) is 6.73. The Kier molecular flexibility index (Phi) is 5.05. The third kappa shape index (κ3) is 3.46. The SMILES string of the molecule is COc1ccc(C2=NN(C(=O)c3cccc(Br)c3)C(C)(C)C2)cc1OC. The van der Waals surface area contributed by atoms with Crippen molar-refractivity contribution in [1.29, 1.82) is 0 Å². The van der Waals surface area contributed by atoms with Crippen molar-refractivity contribution >= 4 is 27.5 Å². The Morgan fingerprint density at radius 2 is 1.85 bits per heavy atom. The van der Waals surface area contributed by atoms with E-state index in [4.69, 9.17) is 9.47 Å². The molecule has 0 aromatic heterocycles. The van der Waals surface area contributed by atoms with Crippen molar-refractivity contribution in [2.45, 2.75) is 25.8 Å². The minimum Gasteiger partial charge on any atom is -0.493 e. The maximum atomic E-state index is 13.0. The number of amides is 1. The van der Waals surface area contributed by atoms with Gasteiger partial charge in [0.15, 0.2) is 11.5 Å². The quantitative estimate of drug-likeness (QED) is 0.737. The molecule has 1 heterocycles. The van der Waals surface area contributed by atoms with Gasteiger partial charge in [-0.3, -0.25) is 4.79 Å². The predicted octanol–water partition coefficient (Wildman–Crippen LogP) is 4.50. The zero-order valence-corrected chi connectivity index (χ0v) is 16.8. The Bertz CT molecular complexity index is 877. The zero-order chi connectivity index (χ0) is 18.9. The van der Waals surface area contributed by atoms with Gasteiger partial charge in [0, 0.05) is 22.0 Å². The van der Waals surface area contributed by atoms with Crippen LogP contribution in [-0.2, 0) is 0 Å². The van der Waals surface area contributed by atoms with Gasteiger partial charge in [0.05, 0.1) is 25.5 Å². The highest BCUT2D eigenvalue weighted by atomic mass is 79.9. The Morgan fingerprint density at radius 1 is 1.12 bits per heavy atom. The van der Waals surface area contributed by atoms with Gasteiger partial charge in [0.25, 0.3) is 5.91 Å². The Morgan fingerprint density at radius 3 is 2.50 bits per heavy atom. The van der Waals surface area contributed by atoms with Crippen LogP contribution in [-0.4, -0.2) is 36.4 Å². The molecule has 0 radical (unpaired) electrons. The summed E-state index contributed by atoms with van der Waals surface area (Å²) >= 11 is 3.41.